The largest absolute Gasteiger partial charge is 0.394 e. The van der Waals surface area contributed by atoms with Gasteiger partial charge in [-0.3, -0.25) is 4.79 Å². The van der Waals surface area contributed by atoms with Crippen LogP contribution in [0.4, 0.5) is 0 Å². The average Bonchev–Trinajstić information content (AvgIpc) is 3.22. The molecular formula is C44H85NO13. The van der Waals surface area contributed by atoms with Crippen LogP contribution in [0, 0.1) is 0 Å². The van der Waals surface area contributed by atoms with Crippen molar-refractivity contribution < 1.29 is 64.6 Å². The Hall–Kier alpha value is -1.01. The highest BCUT2D eigenvalue weighted by Crippen LogP contribution is 2.30. The Kier molecular flexibility index (Phi) is 29.9. The number of aliphatic hydroxyl groups excluding tert-OH is 8. The summed E-state index contributed by atoms with van der Waals surface area (Å²) < 4.78 is 22.7. The van der Waals surface area contributed by atoms with E-state index < -0.39 is 86.8 Å². The second-order valence-electron chi connectivity index (χ2n) is 16.9. The molecule has 2 aliphatic heterocycles. The van der Waals surface area contributed by atoms with Crippen LogP contribution >= 0.6 is 0 Å². The Labute approximate surface area is 349 Å². The fourth-order valence-electron chi connectivity index (χ4n) is 7.94. The van der Waals surface area contributed by atoms with Gasteiger partial charge in [0.25, 0.3) is 0 Å². The van der Waals surface area contributed by atoms with Gasteiger partial charge in [-0.05, 0) is 12.8 Å². The third-order valence-corrected chi connectivity index (χ3v) is 11.8. The first kappa shape index (κ1) is 53.1. The van der Waals surface area contributed by atoms with E-state index in [1.54, 1.807) is 0 Å². The van der Waals surface area contributed by atoms with E-state index in [1.165, 1.54) is 103 Å². The highest BCUT2D eigenvalue weighted by Gasteiger charge is 2.51. The zero-order valence-electron chi connectivity index (χ0n) is 36.1. The van der Waals surface area contributed by atoms with Crippen molar-refractivity contribution >= 4 is 5.91 Å². The van der Waals surface area contributed by atoms with E-state index in [4.69, 9.17) is 18.9 Å². The van der Waals surface area contributed by atoms with Crippen LogP contribution in [0.2, 0.25) is 0 Å². The number of carbonyl (C=O) groups is 1. The van der Waals surface area contributed by atoms with Gasteiger partial charge in [-0.1, -0.05) is 162 Å². The van der Waals surface area contributed by atoms with Crippen molar-refractivity contribution in [3.63, 3.8) is 0 Å². The van der Waals surface area contributed by atoms with E-state index >= 15 is 0 Å². The molecule has 2 fully saturated rings. The SMILES string of the molecule is CCCCCCCCCCCCCCC(=O)NC(COC1OC(CO)C(OC2OC(CO)C(O)C(O)C2O)C(O)C1O)C(O)CCCCCCCCCCCCCC. The summed E-state index contributed by atoms with van der Waals surface area (Å²) in [5.74, 6) is -0.208. The molecule has 0 radical (unpaired) electrons. The molecule has 12 atom stereocenters. The fourth-order valence-corrected chi connectivity index (χ4v) is 7.94. The highest BCUT2D eigenvalue weighted by atomic mass is 16.7. The van der Waals surface area contributed by atoms with Gasteiger partial charge in [0, 0.05) is 6.42 Å². The number of nitrogens with one attached hydrogen (secondary N) is 1. The number of ether oxygens (including phenoxy) is 4. The Morgan fingerprint density at radius 1 is 0.552 bits per heavy atom. The van der Waals surface area contributed by atoms with E-state index in [2.05, 4.69) is 19.2 Å². The summed E-state index contributed by atoms with van der Waals surface area (Å²) in [5.41, 5.74) is 0. The molecule has 14 heteroatoms. The third-order valence-electron chi connectivity index (χ3n) is 11.8. The minimum atomic E-state index is -1.78. The molecule has 14 nitrogen and oxygen atoms in total. The smallest absolute Gasteiger partial charge is 0.220 e. The molecule has 58 heavy (non-hydrogen) atoms. The van der Waals surface area contributed by atoms with Crippen LogP contribution in [-0.4, -0.2) is 140 Å². The number of aliphatic hydroxyl groups is 8. The summed E-state index contributed by atoms with van der Waals surface area (Å²) >= 11 is 0. The van der Waals surface area contributed by atoms with Crippen LogP contribution in [-0.2, 0) is 23.7 Å². The van der Waals surface area contributed by atoms with Gasteiger partial charge in [0.15, 0.2) is 12.6 Å². The molecule has 0 aliphatic carbocycles. The maximum absolute atomic E-state index is 13.1. The summed E-state index contributed by atoms with van der Waals surface area (Å²) in [4.78, 5) is 13.1. The number of hydrogen-bond donors (Lipinski definition) is 9. The molecule has 344 valence electrons. The van der Waals surface area contributed by atoms with Gasteiger partial charge in [0.2, 0.25) is 5.91 Å². The molecule has 2 heterocycles. The molecule has 0 spiro atoms. The first-order chi connectivity index (χ1) is 28.1. The predicted octanol–water partition coefficient (Wildman–Crippen LogP) is 4.66. The molecule has 2 saturated heterocycles. The van der Waals surface area contributed by atoms with Crippen molar-refractivity contribution in [1.82, 2.24) is 5.32 Å². The number of carbonyl (C=O) groups excluding carboxylic acids is 1. The Morgan fingerprint density at radius 3 is 1.47 bits per heavy atom. The third kappa shape index (κ3) is 20.7. The van der Waals surface area contributed by atoms with Crippen LogP contribution in [0.1, 0.15) is 181 Å². The van der Waals surface area contributed by atoms with Crippen LogP contribution in [0.5, 0.6) is 0 Å². The lowest BCUT2D eigenvalue weighted by Gasteiger charge is -2.46. The van der Waals surface area contributed by atoms with Gasteiger partial charge in [0.05, 0.1) is 32.0 Å². The number of hydrogen-bond acceptors (Lipinski definition) is 13. The van der Waals surface area contributed by atoms with Gasteiger partial charge in [-0.25, -0.2) is 0 Å². The van der Waals surface area contributed by atoms with Crippen molar-refractivity contribution in [2.45, 2.75) is 254 Å². The molecule has 0 aromatic carbocycles. The van der Waals surface area contributed by atoms with Crippen LogP contribution in [0.3, 0.4) is 0 Å². The van der Waals surface area contributed by atoms with Crippen molar-refractivity contribution in [1.29, 1.82) is 0 Å². The minimum absolute atomic E-state index is 0.208. The lowest BCUT2D eigenvalue weighted by Crippen LogP contribution is -2.65. The molecule has 12 unspecified atom stereocenters. The molecule has 9 N–H and O–H groups in total. The predicted molar refractivity (Wildman–Crippen MR) is 222 cm³/mol. The summed E-state index contributed by atoms with van der Waals surface area (Å²) in [7, 11) is 0. The molecule has 0 aromatic rings. The van der Waals surface area contributed by atoms with E-state index in [0.717, 1.165) is 51.4 Å². The van der Waals surface area contributed by atoms with Crippen LogP contribution < -0.4 is 5.32 Å². The van der Waals surface area contributed by atoms with E-state index in [-0.39, 0.29) is 12.5 Å². The standard InChI is InChI=1S/C44H85NO13/c1-3-5-7-9-11-13-15-17-19-21-23-25-27-33(48)32(45-36(49)28-26-24-22-20-18-16-14-12-10-8-6-4-2)31-55-43-41(54)39(52)42(35(30-47)57-43)58-44-40(53)38(51)37(50)34(29-46)56-44/h32-35,37-44,46-48,50-54H,3-31H2,1-2H3,(H,45,49). The Morgan fingerprint density at radius 2 is 0.983 bits per heavy atom. The molecule has 0 saturated carbocycles. The second-order valence-corrected chi connectivity index (χ2v) is 16.9. The number of rotatable bonds is 35. The average molecular weight is 836 g/mol. The van der Waals surface area contributed by atoms with Gasteiger partial charge in [-0.15, -0.1) is 0 Å². The highest BCUT2D eigenvalue weighted by molar-refractivity contribution is 5.76. The Balaban J connectivity index is 1.88. The van der Waals surface area contributed by atoms with E-state index in [9.17, 15) is 45.6 Å². The summed E-state index contributed by atoms with van der Waals surface area (Å²) in [6.45, 7) is 2.82. The first-order valence-electron chi connectivity index (χ1n) is 23.3. The number of unbranched alkanes of at least 4 members (excludes halogenated alkanes) is 22. The van der Waals surface area contributed by atoms with Gasteiger partial charge < -0.3 is 65.1 Å². The van der Waals surface area contributed by atoms with Gasteiger partial charge in [0.1, 0.15) is 48.8 Å². The van der Waals surface area contributed by atoms with Crippen molar-refractivity contribution in [3.05, 3.63) is 0 Å². The minimum Gasteiger partial charge on any atom is -0.394 e. The maximum atomic E-state index is 13.1. The van der Waals surface area contributed by atoms with E-state index in [1.807, 2.05) is 0 Å². The maximum Gasteiger partial charge on any atom is 0.220 e. The fraction of sp³-hybridized carbons (Fsp3) is 0.977. The lowest BCUT2D eigenvalue weighted by molar-refractivity contribution is -0.359. The molecule has 2 rings (SSSR count). The van der Waals surface area contributed by atoms with Crippen molar-refractivity contribution in [2.24, 2.45) is 0 Å². The first-order valence-corrected chi connectivity index (χ1v) is 23.3. The quantitative estimate of drug-likeness (QED) is 0.0397. The molecule has 0 bridgehead atoms. The molecule has 2 aliphatic rings. The zero-order chi connectivity index (χ0) is 42.5. The topological polar surface area (TPSA) is 228 Å². The second kappa shape index (κ2) is 32.7. The summed E-state index contributed by atoms with van der Waals surface area (Å²) in [6, 6.07) is -0.818. The number of amides is 1. The molecule has 0 aromatic heterocycles. The monoisotopic (exact) mass is 836 g/mol. The van der Waals surface area contributed by atoms with Gasteiger partial charge >= 0.3 is 0 Å². The molecule has 1 amide bonds. The van der Waals surface area contributed by atoms with Crippen molar-refractivity contribution in [3.8, 4) is 0 Å². The molecular weight excluding hydrogens is 750 g/mol. The summed E-state index contributed by atoms with van der Waals surface area (Å²) in [5, 5.41) is 86.6. The summed E-state index contributed by atoms with van der Waals surface area (Å²) in [6.07, 6.45) is 12.5. The van der Waals surface area contributed by atoms with E-state index in [0.29, 0.717) is 12.8 Å². The zero-order valence-corrected chi connectivity index (χ0v) is 36.1. The Bertz CT molecular complexity index is 993. The van der Waals surface area contributed by atoms with Crippen molar-refractivity contribution in [2.75, 3.05) is 19.8 Å². The van der Waals surface area contributed by atoms with Crippen LogP contribution in [0.15, 0.2) is 0 Å². The van der Waals surface area contributed by atoms with Gasteiger partial charge in [-0.2, -0.15) is 0 Å². The lowest BCUT2D eigenvalue weighted by atomic mass is 9.97. The normalized spacial score (nSPS) is 28.7. The van der Waals surface area contributed by atoms with Crippen LogP contribution in [0.25, 0.3) is 0 Å².